The fraction of sp³-hybridized carbons (Fsp3) is 1.00. The molecule has 3 atom stereocenters. The predicted molar refractivity (Wildman–Crippen MR) is 52.1 cm³/mol. The van der Waals surface area contributed by atoms with Crippen LogP contribution < -0.4 is 11.1 Å². The van der Waals surface area contributed by atoms with Gasteiger partial charge in [0.1, 0.15) is 0 Å². The third-order valence-corrected chi connectivity index (χ3v) is 2.42. The maximum absolute atomic E-state index is 5.77. The Labute approximate surface area is 75.3 Å². The van der Waals surface area contributed by atoms with Crippen molar-refractivity contribution in [2.24, 2.45) is 5.73 Å². The lowest BCUT2D eigenvalue weighted by Gasteiger charge is -2.38. The number of piperazine rings is 1. The molecule has 0 aromatic heterocycles. The van der Waals surface area contributed by atoms with Gasteiger partial charge in [-0.05, 0) is 20.8 Å². The van der Waals surface area contributed by atoms with Crippen LogP contribution in [0.3, 0.4) is 0 Å². The molecule has 1 rings (SSSR count). The van der Waals surface area contributed by atoms with E-state index in [0.29, 0.717) is 12.1 Å². The molecule has 1 heterocycles. The quantitative estimate of drug-likeness (QED) is 0.615. The van der Waals surface area contributed by atoms with E-state index in [1.165, 1.54) is 0 Å². The van der Waals surface area contributed by atoms with Crippen LogP contribution in [-0.2, 0) is 0 Å². The number of rotatable bonds is 2. The summed E-state index contributed by atoms with van der Waals surface area (Å²) in [7, 11) is 0. The van der Waals surface area contributed by atoms with Crippen molar-refractivity contribution in [2.45, 2.75) is 38.9 Å². The van der Waals surface area contributed by atoms with E-state index in [1.54, 1.807) is 0 Å². The van der Waals surface area contributed by atoms with Gasteiger partial charge in [-0.1, -0.05) is 0 Å². The Morgan fingerprint density at radius 3 is 2.83 bits per heavy atom. The smallest absolute Gasteiger partial charge is 0.0193 e. The maximum Gasteiger partial charge on any atom is 0.0193 e. The minimum atomic E-state index is 0.290. The topological polar surface area (TPSA) is 41.3 Å². The van der Waals surface area contributed by atoms with E-state index in [2.05, 4.69) is 31.0 Å². The van der Waals surface area contributed by atoms with Crippen molar-refractivity contribution >= 4 is 0 Å². The molecule has 3 nitrogen and oxygen atoms in total. The van der Waals surface area contributed by atoms with Gasteiger partial charge in [-0.25, -0.2) is 0 Å². The number of nitrogens with one attached hydrogen (secondary N) is 1. The molecule has 0 bridgehead atoms. The third kappa shape index (κ3) is 2.73. The van der Waals surface area contributed by atoms with Crippen molar-refractivity contribution in [1.82, 2.24) is 10.2 Å². The molecule has 72 valence electrons. The van der Waals surface area contributed by atoms with Crippen LogP contribution in [0.2, 0.25) is 0 Å². The Balaban J connectivity index is 2.38. The van der Waals surface area contributed by atoms with Gasteiger partial charge in [0.2, 0.25) is 0 Å². The Kier molecular flexibility index (Phi) is 3.50. The summed E-state index contributed by atoms with van der Waals surface area (Å²) in [5, 5.41) is 3.45. The number of hydrogen-bond donors (Lipinski definition) is 2. The highest BCUT2D eigenvalue weighted by atomic mass is 15.2. The van der Waals surface area contributed by atoms with Gasteiger partial charge in [-0.3, -0.25) is 4.90 Å². The molecule has 1 aliphatic rings. The van der Waals surface area contributed by atoms with E-state index < -0.39 is 0 Å². The van der Waals surface area contributed by atoms with Crippen molar-refractivity contribution in [3.8, 4) is 0 Å². The monoisotopic (exact) mass is 171 g/mol. The van der Waals surface area contributed by atoms with Gasteiger partial charge in [0.25, 0.3) is 0 Å². The first-order valence-corrected chi connectivity index (χ1v) is 4.82. The molecule has 0 radical (unpaired) electrons. The molecular formula is C9H21N3. The fourth-order valence-corrected chi connectivity index (χ4v) is 1.72. The average molecular weight is 171 g/mol. The average Bonchev–Trinajstić information content (AvgIpc) is 1.96. The number of nitrogens with two attached hydrogens (primary N) is 1. The van der Waals surface area contributed by atoms with E-state index in [9.17, 15) is 0 Å². The molecule has 0 aromatic carbocycles. The summed E-state index contributed by atoms with van der Waals surface area (Å²) >= 11 is 0. The zero-order chi connectivity index (χ0) is 9.14. The van der Waals surface area contributed by atoms with Crippen molar-refractivity contribution in [1.29, 1.82) is 0 Å². The van der Waals surface area contributed by atoms with Gasteiger partial charge < -0.3 is 11.1 Å². The molecule has 12 heavy (non-hydrogen) atoms. The highest BCUT2D eigenvalue weighted by molar-refractivity contribution is 4.82. The van der Waals surface area contributed by atoms with Crippen LogP contribution in [0.4, 0.5) is 0 Å². The fourth-order valence-electron chi connectivity index (χ4n) is 1.72. The molecule has 3 heteroatoms. The highest BCUT2D eigenvalue weighted by Gasteiger charge is 2.22. The zero-order valence-corrected chi connectivity index (χ0v) is 8.38. The normalized spacial score (nSPS) is 35.0. The molecule has 0 aliphatic carbocycles. The van der Waals surface area contributed by atoms with Crippen LogP contribution in [0.25, 0.3) is 0 Å². The largest absolute Gasteiger partial charge is 0.327 e. The van der Waals surface area contributed by atoms with E-state index >= 15 is 0 Å². The summed E-state index contributed by atoms with van der Waals surface area (Å²) in [6.07, 6.45) is 0. The molecule has 1 aliphatic heterocycles. The van der Waals surface area contributed by atoms with Crippen LogP contribution in [-0.4, -0.2) is 42.7 Å². The molecule has 0 aromatic rings. The summed E-state index contributed by atoms with van der Waals surface area (Å²) in [5.74, 6) is 0. The molecular weight excluding hydrogens is 150 g/mol. The van der Waals surface area contributed by atoms with E-state index in [4.69, 9.17) is 5.73 Å². The Morgan fingerprint density at radius 2 is 2.25 bits per heavy atom. The molecule has 3 N–H and O–H groups in total. The van der Waals surface area contributed by atoms with Gasteiger partial charge in [-0.2, -0.15) is 0 Å². The van der Waals surface area contributed by atoms with Gasteiger partial charge in [0.15, 0.2) is 0 Å². The first-order chi connectivity index (χ1) is 5.59. The van der Waals surface area contributed by atoms with Crippen molar-refractivity contribution in [2.75, 3.05) is 19.6 Å². The predicted octanol–water partition coefficient (Wildman–Crippen LogP) is 0.0158. The van der Waals surface area contributed by atoms with E-state index in [-0.39, 0.29) is 6.04 Å². The minimum Gasteiger partial charge on any atom is -0.327 e. The second kappa shape index (κ2) is 4.21. The Hall–Kier alpha value is -0.120. The van der Waals surface area contributed by atoms with Crippen molar-refractivity contribution < 1.29 is 0 Å². The lowest BCUT2D eigenvalue weighted by Crippen LogP contribution is -2.56. The third-order valence-electron chi connectivity index (χ3n) is 2.42. The lowest BCUT2D eigenvalue weighted by atomic mass is 10.1. The highest BCUT2D eigenvalue weighted by Crippen LogP contribution is 2.06. The van der Waals surface area contributed by atoms with Crippen molar-refractivity contribution in [3.63, 3.8) is 0 Å². The van der Waals surface area contributed by atoms with Gasteiger partial charge in [0, 0.05) is 37.8 Å². The summed E-state index contributed by atoms with van der Waals surface area (Å²) in [6.45, 7) is 9.78. The Morgan fingerprint density at radius 1 is 1.58 bits per heavy atom. The van der Waals surface area contributed by atoms with E-state index in [1.807, 2.05) is 0 Å². The van der Waals surface area contributed by atoms with Crippen LogP contribution in [0.15, 0.2) is 0 Å². The molecule has 0 saturated carbocycles. The standard InChI is InChI=1S/C9H21N3/c1-7(10)5-12-6-8(2)11-4-9(12)3/h7-9,11H,4-6,10H2,1-3H3. The van der Waals surface area contributed by atoms with Gasteiger partial charge >= 0.3 is 0 Å². The molecule has 1 saturated heterocycles. The minimum absolute atomic E-state index is 0.290. The lowest BCUT2D eigenvalue weighted by molar-refractivity contribution is 0.140. The first-order valence-electron chi connectivity index (χ1n) is 4.82. The summed E-state index contributed by atoms with van der Waals surface area (Å²) in [5.41, 5.74) is 5.77. The summed E-state index contributed by atoms with van der Waals surface area (Å²) in [6, 6.07) is 1.53. The maximum atomic E-state index is 5.77. The number of hydrogen-bond acceptors (Lipinski definition) is 3. The van der Waals surface area contributed by atoms with Crippen LogP contribution in [0.5, 0.6) is 0 Å². The van der Waals surface area contributed by atoms with E-state index in [0.717, 1.165) is 19.6 Å². The summed E-state index contributed by atoms with van der Waals surface area (Å²) < 4.78 is 0. The molecule has 0 spiro atoms. The molecule has 0 amide bonds. The second-order valence-electron chi connectivity index (χ2n) is 4.09. The zero-order valence-electron chi connectivity index (χ0n) is 8.38. The molecule has 1 fully saturated rings. The summed E-state index contributed by atoms with van der Waals surface area (Å²) in [4.78, 5) is 2.46. The van der Waals surface area contributed by atoms with Crippen LogP contribution in [0, 0.1) is 0 Å². The second-order valence-corrected chi connectivity index (χ2v) is 4.09. The van der Waals surface area contributed by atoms with Crippen molar-refractivity contribution in [3.05, 3.63) is 0 Å². The van der Waals surface area contributed by atoms with Crippen LogP contribution in [0.1, 0.15) is 20.8 Å². The molecule has 3 unspecified atom stereocenters. The van der Waals surface area contributed by atoms with Gasteiger partial charge in [0.05, 0.1) is 0 Å². The SMILES string of the molecule is CC(N)CN1CC(C)NCC1C. The Bertz CT molecular complexity index is 134. The number of nitrogens with zero attached hydrogens (tertiary/aromatic N) is 1. The van der Waals surface area contributed by atoms with Gasteiger partial charge in [-0.15, -0.1) is 0 Å². The first kappa shape index (κ1) is 9.96. The van der Waals surface area contributed by atoms with Crippen LogP contribution >= 0.6 is 0 Å².